The van der Waals surface area contributed by atoms with Gasteiger partial charge in [0.05, 0.1) is 39.9 Å². The van der Waals surface area contributed by atoms with Gasteiger partial charge in [-0.05, 0) is 19.3 Å². The summed E-state index contributed by atoms with van der Waals surface area (Å²) in [5, 5.41) is 13.7. The van der Waals surface area contributed by atoms with Crippen molar-refractivity contribution in [3.63, 3.8) is 0 Å². The van der Waals surface area contributed by atoms with Crippen LogP contribution < -0.4 is 10.2 Å². The molecule has 2 N–H and O–H groups in total. The third-order valence-corrected chi connectivity index (χ3v) is 11.2. The molecule has 0 saturated carbocycles. The lowest BCUT2D eigenvalue weighted by Gasteiger charge is -2.29. The number of amides is 1. The Hall–Kier alpha value is -0.760. The van der Waals surface area contributed by atoms with Crippen LogP contribution in [0, 0.1) is 0 Å². The highest BCUT2D eigenvalue weighted by atomic mass is 31.2. The molecule has 3 atom stereocenters. The molecule has 0 aliphatic heterocycles. The van der Waals surface area contributed by atoms with Crippen LogP contribution in [0.5, 0.6) is 0 Å². The van der Waals surface area contributed by atoms with Crippen molar-refractivity contribution < 1.29 is 32.9 Å². The summed E-state index contributed by atoms with van der Waals surface area (Å²) in [4.78, 5) is 25.2. The molecule has 3 unspecified atom stereocenters. The monoisotopic (exact) mass is 773 g/mol. The third kappa shape index (κ3) is 39.3. The van der Waals surface area contributed by atoms with E-state index in [0.717, 1.165) is 38.5 Å². The number of phosphoric acid groups is 1. The van der Waals surface area contributed by atoms with E-state index < -0.39 is 20.0 Å². The average Bonchev–Trinajstić information content (AvgIpc) is 3.10. The topological polar surface area (TPSA) is 108 Å². The number of hydrogen-bond donors (Lipinski definition) is 2. The standard InChI is InChI=1S/C44H89N2O6P/c1-6-8-10-12-14-16-17-18-19-20-21-22-23-24-25-26-27-28-30-32-34-36-38-44(48)45-42(41-52-53(49,50)51-40-39-46(3,4)5)43(47)37-35-33-31-29-15-13-11-9-7-2/h35,37,42-43,47H,6-34,36,38-41H2,1-5H3,(H-,45,48,49,50)/b37-35+. The first kappa shape index (κ1) is 52.2. The predicted molar refractivity (Wildman–Crippen MR) is 224 cm³/mol. The number of phosphoric ester groups is 1. The molecule has 8 nitrogen and oxygen atoms in total. The summed E-state index contributed by atoms with van der Waals surface area (Å²) >= 11 is 0. The SMILES string of the molecule is CCCCCCCCC/C=C/C(O)C(COP(=O)([O-])OCC[N+](C)(C)C)NC(=O)CCCCCCCCCCCCCCCCCCCCCCCC. The molecule has 0 aromatic carbocycles. The Bertz CT molecular complexity index is 880. The number of allylic oxidation sites excluding steroid dienone is 1. The van der Waals surface area contributed by atoms with Crippen molar-refractivity contribution in [2.45, 2.75) is 225 Å². The highest BCUT2D eigenvalue weighted by molar-refractivity contribution is 7.45. The molecular weight excluding hydrogens is 683 g/mol. The molecule has 0 saturated heterocycles. The number of rotatable bonds is 41. The van der Waals surface area contributed by atoms with E-state index >= 15 is 0 Å². The van der Waals surface area contributed by atoms with E-state index in [2.05, 4.69) is 19.2 Å². The summed E-state index contributed by atoms with van der Waals surface area (Å²) in [7, 11) is 1.27. The van der Waals surface area contributed by atoms with E-state index in [1.807, 2.05) is 27.2 Å². The Morgan fingerprint density at radius 3 is 1.42 bits per heavy atom. The molecule has 0 radical (unpaired) electrons. The quantitative estimate of drug-likeness (QED) is 0.0277. The van der Waals surface area contributed by atoms with Crippen molar-refractivity contribution in [2.24, 2.45) is 0 Å². The molecule has 0 aliphatic rings. The number of aliphatic hydroxyl groups excluding tert-OH is 1. The number of carbonyl (C=O) groups is 1. The number of nitrogens with one attached hydrogen (secondary N) is 1. The average molecular weight is 773 g/mol. The van der Waals surface area contributed by atoms with Crippen molar-refractivity contribution in [1.29, 1.82) is 0 Å². The van der Waals surface area contributed by atoms with Crippen LogP contribution in [0.25, 0.3) is 0 Å². The van der Waals surface area contributed by atoms with Crippen molar-refractivity contribution in [2.75, 3.05) is 40.9 Å². The number of quaternary nitrogens is 1. The van der Waals surface area contributed by atoms with Gasteiger partial charge in [0.1, 0.15) is 13.2 Å². The number of likely N-dealkylation sites (N-methyl/N-ethyl adjacent to an activating group) is 1. The minimum absolute atomic E-state index is 0.00170. The Labute approximate surface area is 329 Å². The summed E-state index contributed by atoms with van der Waals surface area (Å²) in [5.41, 5.74) is 0. The molecule has 0 bridgehead atoms. The number of hydrogen-bond acceptors (Lipinski definition) is 6. The summed E-state index contributed by atoms with van der Waals surface area (Å²) in [6.07, 6.45) is 41.3. The van der Waals surface area contributed by atoms with E-state index in [1.54, 1.807) is 6.08 Å². The Balaban J connectivity index is 4.18. The fourth-order valence-electron chi connectivity index (χ4n) is 6.62. The molecule has 0 aliphatic carbocycles. The summed E-state index contributed by atoms with van der Waals surface area (Å²) in [6, 6.07) is -0.878. The highest BCUT2D eigenvalue weighted by Gasteiger charge is 2.23. The van der Waals surface area contributed by atoms with Gasteiger partial charge in [0, 0.05) is 6.42 Å². The van der Waals surface area contributed by atoms with Crippen LogP contribution in [-0.4, -0.2) is 68.5 Å². The minimum Gasteiger partial charge on any atom is -0.756 e. The van der Waals surface area contributed by atoms with Crippen molar-refractivity contribution in [3.05, 3.63) is 12.2 Å². The van der Waals surface area contributed by atoms with E-state index in [9.17, 15) is 19.4 Å². The molecule has 0 rings (SSSR count). The molecular formula is C44H89N2O6P. The third-order valence-electron chi connectivity index (χ3n) is 10.2. The van der Waals surface area contributed by atoms with Crippen LogP contribution >= 0.6 is 7.82 Å². The molecule has 0 aromatic rings. The van der Waals surface area contributed by atoms with Crippen molar-refractivity contribution in [1.82, 2.24) is 5.32 Å². The van der Waals surface area contributed by atoms with Crippen LogP contribution in [0.4, 0.5) is 0 Å². The van der Waals surface area contributed by atoms with Gasteiger partial charge < -0.3 is 28.8 Å². The molecule has 53 heavy (non-hydrogen) atoms. The first-order valence-corrected chi connectivity index (χ1v) is 24.0. The highest BCUT2D eigenvalue weighted by Crippen LogP contribution is 2.38. The van der Waals surface area contributed by atoms with Crippen molar-refractivity contribution in [3.8, 4) is 0 Å². The lowest BCUT2D eigenvalue weighted by Crippen LogP contribution is -2.45. The lowest BCUT2D eigenvalue weighted by atomic mass is 10.0. The minimum atomic E-state index is -4.57. The maximum atomic E-state index is 12.8. The summed E-state index contributed by atoms with van der Waals surface area (Å²) in [5.74, 6) is -0.196. The van der Waals surface area contributed by atoms with Gasteiger partial charge in [-0.3, -0.25) is 9.36 Å². The maximum Gasteiger partial charge on any atom is 0.268 e. The fourth-order valence-corrected chi connectivity index (χ4v) is 7.35. The van der Waals surface area contributed by atoms with Crippen LogP contribution in [0.15, 0.2) is 12.2 Å². The van der Waals surface area contributed by atoms with Gasteiger partial charge in [-0.2, -0.15) is 0 Å². The smallest absolute Gasteiger partial charge is 0.268 e. The van der Waals surface area contributed by atoms with Crippen LogP contribution in [0.2, 0.25) is 0 Å². The van der Waals surface area contributed by atoms with Crippen LogP contribution in [0.1, 0.15) is 213 Å². The first-order valence-electron chi connectivity index (χ1n) is 22.6. The largest absolute Gasteiger partial charge is 0.756 e. The second-order valence-corrected chi connectivity index (χ2v) is 18.2. The molecule has 0 aromatic heterocycles. The normalized spacial score (nSPS) is 14.5. The zero-order chi connectivity index (χ0) is 39.3. The van der Waals surface area contributed by atoms with Gasteiger partial charge in [0.25, 0.3) is 7.82 Å². The van der Waals surface area contributed by atoms with E-state index in [0.29, 0.717) is 17.4 Å². The zero-order valence-corrected chi connectivity index (χ0v) is 36.6. The van der Waals surface area contributed by atoms with Crippen LogP contribution in [-0.2, 0) is 18.4 Å². The fraction of sp³-hybridized carbons (Fsp3) is 0.932. The van der Waals surface area contributed by atoms with E-state index in [1.165, 1.54) is 154 Å². The molecule has 0 spiro atoms. The van der Waals surface area contributed by atoms with E-state index in [4.69, 9.17) is 9.05 Å². The second-order valence-electron chi connectivity index (χ2n) is 16.8. The number of unbranched alkanes of at least 4 members (excludes halogenated alkanes) is 28. The zero-order valence-electron chi connectivity index (χ0n) is 35.7. The number of nitrogens with zero attached hydrogens (tertiary/aromatic N) is 1. The van der Waals surface area contributed by atoms with Gasteiger partial charge in [0.15, 0.2) is 0 Å². The molecule has 0 heterocycles. The molecule has 1 amide bonds. The second kappa shape index (κ2) is 36.9. The van der Waals surface area contributed by atoms with Crippen LogP contribution in [0.3, 0.4) is 0 Å². The molecule has 0 fully saturated rings. The van der Waals surface area contributed by atoms with Gasteiger partial charge in [-0.15, -0.1) is 0 Å². The first-order chi connectivity index (χ1) is 25.5. The summed E-state index contributed by atoms with van der Waals surface area (Å²) < 4.78 is 23.1. The number of aliphatic hydroxyl groups is 1. The van der Waals surface area contributed by atoms with Crippen molar-refractivity contribution >= 4 is 13.7 Å². The predicted octanol–water partition coefficient (Wildman–Crippen LogP) is 11.7. The van der Waals surface area contributed by atoms with Gasteiger partial charge >= 0.3 is 0 Å². The van der Waals surface area contributed by atoms with E-state index in [-0.39, 0.29) is 19.1 Å². The Morgan fingerprint density at radius 1 is 0.642 bits per heavy atom. The molecule has 316 valence electrons. The maximum absolute atomic E-state index is 12.8. The Kier molecular flexibility index (Phi) is 36.3. The van der Waals surface area contributed by atoms with Gasteiger partial charge in [-0.25, -0.2) is 0 Å². The Morgan fingerprint density at radius 2 is 1.02 bits per heavy atom. The molecule has 9 heteroatoms. The van der Waals surface area contributed by atoms with Gasteiger partial charge in [-0.1, -0.05) is 199 Å². The number of carbonyl (C=O) groups excluding carboxylic acids is 1. The van der Waals surface area contributed by atoms with Gasteiger partial charge in [0.2, 0.25) is 5.91 Å². The lowest BCUT2D eigenvalue weighted by molar-refractivity contribution is -0.870. The summed E-state index contributed by atoms with van der Waals surface area (Å²) in [6.45, 7) is 4.63.